The molecule has 0 amide bonds. The van der Waals surface area contributed by atoms with Crippen LogP contribution in [0, 0.1) is 0 Å². The molecule has 16 heavy (non-hydrogen) atoms. The van der Waals surface area contributed by atoms with Gasteiger partial charge < -0.3 is 5.32 Å². The summed E-state index contributed by atoms with van der Waals surface area (Å²) in [6, 6.07) is 0.273. The average Bonchev–Trinajstić information content (AvgIpc) is 2.61. The highest BCUT2D eigenvalue weighted by atomic mass is 32.2. The molecule has 3 nitrogen and oxygen atoms in total. The zero-order valence-corrected chi connectivity index (χ0v) is 12.0. The Morgan fingerprint density at radius 2 is 2.19 bits per heavy atom. The van der Waals surface area contributed by atoms with Gasteiger partial charge in [-0.1, -0.05) is 13.8 Å². The van der Waals surface area contributed by atoms with Crippen LogP contribution in [0.4, 0.5) is 0 Å². The monoisotopic (exact) mass is 260 g/mol. The number of thiazole rings is 1. The second kappa shape index (κ2) is 6.47. The van der Waals surface area contributed by atoms with E-state index >= 15 is 0 Å². The van der Waals surface area contributed by atoms with Crippen LogP contribution in [0.5, 0.6) is 0 Å². The van der Waals surface area contributed by atoms with Crippen molar-refractivity contribution in [1.29, 1.82) is 0 Å². The van der Waals surface area contributed by atoms with Crippen molar-refractivity contribution in [2.24, 2.45) is 0 Å². The first kappa shape index (κ1) is 13.8. The van der Waals surface area contributed by atoms with Gasteiger partial charge in [-0.05, 0) is 6.92 Å². The van der Waals surface area contributed by atoms with Gasteiger partial charge in [-0.25, -0.2) is 4.98 Å². The molecule has 1 heterocycles. The van der Waals surface area contributed by atoms with Crippen LogP contribution in [0.1, 0.15) is 37.4 Å². The maximum Gasteiger partial charge on any atom is 0.0954 e. The van der Waals surface area contributed by atoms with Crippen LogP contribution >= 0.6 is 11.3 Å². The highest BCUT2D eigenvalue weighted by Gasteiger charge is 2.07. The third-order valence-corrected chi connectivity index (χ3v) is 4.34. The number of rotatable bonds is 6. The summed E-state index contributed by atoms with van der Waals surface area (Å²) in [5, 5.41) is 6.61. The van der Waals surface area contributed by atoms with E-state index < -0.39 is 10.8 Å². The summed E-state index contributed by atoms with van der Waals surface area (Å²) in [4.78, 5) is 4.54. The average molecular weight is 260 g/mol. The lowest BCUT2D eigenvalue weighted by molar-refractivity contribution is 0.580. The van der Waals surface area contributed by atoms with E-state index in [0.717, 1.165) is 12.2 Å². The SMILES string of the molecule is CC(CS(C)=O)NCc1csc(C(C)C)n1. The minimum Gasteiger partial charge on any atom is -0.308 e. The van der Waals surface area contributed by atoms with Gasteiger partial charge >= 0.3 is 0 Å². The van der Waals surface area contributed by atoms with Crippen molar-refractivity contribution >= 4 is 22.1 Å². The molecule has 0 spiro atoms. The van der Waals surface area contributed by atoms with Gasteiger partial charge in [-0.2, -0.15) is 0 Å². The van der Waals surface area contributed by atoms with E-state index in [9.17, 15) is 4.21 Å². The number of nitrogens with one attached hydrogen (secondary N) is 1. The molecule has 0 aromatic carbocycles. The lowest BCUT2D eigenvalue weighted by Crippen LogP contribution is -2.30. The molecule has 1 aromatic heterocycles. The molecule has 0 fully saturated rings. The molecular weight excluding hydrogens is 240 g/mol. The van der Waals surface area contributed by atoms with Crippen molar-refractivity contribution in [2.45, 2.75) is 39.3 Å². The number of hydrogen-bond donors (Lipinski definition) is 1. The Kier molecular flexibility index (Phi) is 5.58. The van der Waals surface area contributed by atoms with Gasteiger partial charge in [-0.3, -0.25) is 4.21 Å². The van der Waals surface area contributed by atoms with Crippen LogP contribution < -0.4 is 5.32 Å². The molecule has 1 rings (SSSR count). The van der Waals surface area contributed by atoms with E-state index in [1.165, 1.54) is 5.01 Å². The smallest absolute Gasteiger partial charge is 0.0954 e. The van der Waals surface area contributed by atoms with Gasteiger partial charge in [-0.15, -0.1) is 11.3 Å². The lowest BCUT2D eigenvalue weighted by Gasteiger charge is -2.10. The van der Waals surface area contributed by atoms with E-state index in [-0.39, 0.29) is 6.04 Å². The molecule has 0 bridgehead atoms. The van der Waals surface area contributed by atoms with E-state index in [4.69, 9.17) is 0 Å². The molecule has 1 aromatic rings. The van der Waals surface area contributed by atoms with Crippen LogP contribution in [0.25, 0.3) is 0 Å². The van der Waals surface area contributed by atoms with Gasteiger partial charge in [0.1, 0.15) is 0 Å². The summed E-state index contributed by atoms with van der Waals surface area (Å²) in [6.07, 6.45) is 1.73. The number of nitrogens with zero attached hydrogens (tertiary/aromatic N) is 1. The summed E-state index contributed by atoms with van der Waals surface area (Å²) in [5.41, 5.74) is 1.09. The third kappa shape index (κ3) is 4.72. The van der Waals surface area contributed by atoms with Crippen molar-refractivity contribution in [3.63, 3.8) is 0 Å². The Balaban J connectivity index is 2.39. The first-order valence-electron chi connectivity index (χ1n) is 5.46. The fourth-order valence-corrected chi connectivity index (χ4v) is 3.02. The highest BCUT2D eigenvalue weighted by molar-refractivity contribution is 7.84. The highest BCUT2D eigenvalue weighted by Crippen LogP contribution is 2.18. The van der Waals surface area contributed by atoms with Crippen LogP contribution in [-0.4, -0.2) is 27.2 Å². The predicted octanol–water partition coefficient (Wildman–Crippen LogP) is 2.12. The van der Waals surface area contributed by atoms with Gasteiger partial charge in [0.05, 0.1) is 10.7 Å². The fraction of sp³-hybridized carbons (Fsp3) is 0.727. The van der Waals surface area contributed by atoms with Crippen LogP contribution in [-0.2, 0) is 17.3 Å². The molecule has 2 unspecified atom stereocenters. The van der Waals surface area contributed by atoms with Crippen LogP contribution in [0.2, 0.25) is 0 Å². The van der Waals surface area contributed by atoms with Gasteiger partial charge in [0.15, 0.2) is 0 Å². The maximum absolute atomic E-state index is 11.0. The Bertz CT molecular complexity index is 350. The van der Waals surface area contributed by atoms with Crippen LogP contribution in [0.3, 0.4) is 0 Å². The van der Waals surface area contributed by atoms with E-state index in [0.29, 0.717) is 11.7 Å². The summed E-state index contributed by atoms with van der Waals surface area (Å²) in [5.74, 6) is 1.19. The number of hydrogen-bond acceptors (Lipinski definition) is 4. The Morgan fingerprint density at radius 1 is 1.50 bits per heavy atom. The third-order valence-electron chi connectivity index (χ3n) is 2.18. The normalized spacial score (nSPS) is 15.3. The zero-order chi connectivity index (χ0) is 12.1. The largest absolute Gasteiger partial charge is 0.308 e. The van der Waals surface area contributed by atoms with Gasteiger partial charge in [0.25, 0.3) is 0 Å². The summed E-state index contributed by atoms with van der Waals surface area (Å²) >= 11 is 1.71. The van der Waals surface area contributed by atoms with Crippen molar-refractivity contribution in [2.75, 3.05) is 12.0 Å². The molecule has 92 valence electrons. The predicted molar refractivity (Wildman–Crippen MR) is 71.4 cm³/mol. The van der Waals surface area contributed by atoms with E-state index in [1.807, 2.05) is 0 Å². The topological polar surface area (TPSA) is 42.0 Å². The van der Waals surface area contributed by atoms with Gasteiger partial charge in [0.2, 0.25) is 0 Å². The van der Waals surface area contributed by atoms with Crippen molar-refractivity contribution < 1.29 is 4.21 Å². The Hall–Kier alpha value is -0.260. The van der Waals surface area contributed by atoms with Crippen molar-refractivity contribution in [3.05, 3.63) is 16.1 Å². The summed E-state index contributed by atoms with van der Waals surface area (Å²) < 4.78 is 11.0. The molecule has 0 aliphatic carbocycles. The quantitative estimate of drug-likeness (QED) is 0.852. The molecule has 0 saturated carbocycles. The summed E-state index contributed by atoms with van der Waals surface area (Å²) in [6.45, 7) is 7.12. The first-order chi connectivity index (χ1) is 7.49. The van der Waals surface area contributed by atoms with E-state index in [2.05, 4.69) is 36.5 Å². The molecule has 0 saturated heterocycles. The Morgan fingerprint density at radius 3 is 2.69 bits per heavy atom. The van der Waals surface area contributed by atoms with Crippen molar-refractivity contribution in [1.82, 2.24) is 10.3 Å². The number of aromatic nitrogens is 1. The molecular formula is C11H20N2OS2. The molecule has 0 aliphatic heterocycles. The zero-order valence-electron chi connectivity index (χ0n) is 10.3. The first-order valence-corrected chi connectivity index (χ1v) is 8.07. The molecule has 2 atom stereocenters. The Labute approximate surface area is 104 Å². The van der Waals surface area contributed by atoms with Crippen molar-refractivity contribution in [3.8, 4) is 0 Å². The minimum atomic E-state index is -0.736. The lowest BCUT2D eigenvalue weighted by atomic mass is 10.2. The maximum atomic E-state index is 11.0. The second-order valence-corrected chi connectivity index (χ2v) is 6.72. The second-order valence-electron chi connectivity index (χ2n) is 4.35. The standard InChI is InChI=1S/C11H20N2OS2/c1-8(2)11-13-10(6-15-11)5-12-9(3)7-16(4)14/h6,8-9,12H,5,7H2,1-4H3. The molecule has 0 radical (unpaired) electrons. The van der Waals surface area contributed by atoms with E-state index in [1.54, 1.807) is 17.6 Å². The summed E-state index contributed by atoms with van der Waals surface area (Å²) in [7, 11) is -0.736. The van der Waals surface area contributed by atoms with Gasteiger partial charge in [0, 0.05) is 46.7 Å². The molecule has 0 aliphatic rings. The molecule has 5 heteroatoms. The minimum absolute atomic E-state index is 0.273. The fourth-order valence-electron chi connectivity index (χ4n) is 1.36. The van der Waals surface area contributed by atoms with Crippen LogP contribution in [0.15, 0.2) is 5.38 Å². The molecule has 1 N–H and O–H groups in total.